The maximum Gasteiger partial charge on any atom is 0.338 e. The lowest BCUT2D eigenvalue weighted by molar-refractivity contribution is -0.139. The number of furan rings is 1. The average Bonchev–Trinajstić information content (AvgIpc) is 3.40. The Morgan fingerprint density at radius 1 is 1.15 bits per heavy atom. The smallest absolute Gasteiger partial charge is 0.338 e. The highest BCUT2D eigenvalue weighted by Gasteiger charge is 2.32. The molecule has 0 saturated carbocycles. The normalized spacial score (nSPS) is 14.9. The Labute approximate surface area is 238 Å². The molecule has 208 valence electrons. The van der Waals surface area contributed by atoms with E-state index in [0.717, 1.165) is 10.0 Å². The van der Waals surface area contributed by atoms with Gasteiger partial charge >= 0.3 is 12.0 Å². The summed E-state index contributed by atoms with van der Waals surface area (Å²) in [7, 11) is 1.44. The number of nitrogens with one attached hydrogen (secondary N) is 3. The molecule has 12 heteroatoms. The second kappa shape index (κ2) is 13.0. The minimum absolute atomic E-state index is 0.187. The van der Waals surface area contributed by atoms with Gasteiger partial charge in [-0.3, -0.25) is 4.79 Å². The minimum Gasteiger partial charge on any atom is -0.493 e. The van der Waals surface area contributed by atoms with E-state index in [1.807, 2.05) is 30.3 Å². The van der Waals surface area contributed by atoms with Gasteiger partial charge in [-0.2, -0.15) is 5.10 Å². The molecule has 0 unspecified atom stereocenters. The van der Waals surface area contributed by atoms with Gasteiger partial charge in [-0.15, -0.1) is 0 Å². The molecule has 4 rings (SSSR count). The number of hydrogen-bond acceptors (Lipinski definition) is 8. The van der Waals surface area contributed by atoms with Gasteiger partial charge in [0.2, 0.25) is 0 Å². The molecule has 11 nitrogen and oxygen atoms in total. The van der Waals surface area contributed by atoms with Crippen molar-refractivity contribution in [1.29, 1.82) is 0 Å². The van der Waals surface area contributed by atoms with Crippen LogP contribution in [0.25, 0.3) is 11.3 Å². The molecule has 1 aromatic heterocycles. The van der Waals surface area contributed by atoms with Gasteiger partial charge in [0.15, 0.2) is 18.1 Å². The topological polar surface area (TPSA) is 140 Å². The van der Waals surface area contributed by atoms with E-state index in [-0.39, 0.29) is 24.5 Å². The van der Waals surface area contributed by atoms with Crippen molar-refractivity contribution in [2.75, 3.05) is 20.3 Å². The number of methoxy groups -OCH3 is 1. The molecule has 1 atom stereocenters. The fourth-order valence-electron chi connectivity index (χ4n) is 3.97. The molecule has 0 saturated heterocycles. The summed E-state index contributed by atoms with van der Waals surface area (Å²) in [6.45, 7) is 3.17. The second-order valence-electron chi connectivity index (χ2n) is 8.50. The van der Waals surface area contributed by atoms with Crippen molar-refractivity contribution in [3.05, 3.63) is 81.7 Å². The van der Waals surface area contributed by atoms with Crippen LogP contribution in [0.1, 0.15) is 31.2 Å². The Morgan fingerprint density at radius 3 is 2.73 bits per heavy atom. The molecule has 0 spiro atoms. The number of rotatable bonds is 10. The SMILES string of the molecule is CCOC(=O)C1=C(C)NC(=O)N[C@@H]1c1ccc(OCC(=O)N/N=C/c2ccc(-c3cccc(Br)c3)o2)c(OC)c1. The number of nitrogens with zero attached hydrogens (tertiary/aromatic N) is 1. The van der Waals surface area contributed by atoms with Gasteiger partial charge in [-0.1, -0.05) is 34.1 Å². The van der Waals surface area contributed by atoms with Crippen molar-refractivity contribution in [2.24, 2.45) is 5.10 Å². The molecule has 2 heterocycles. The van der Waals surface area contributed by atoms with E-state index in [0.29, 0.717) is 28.5 Å². The highest BCUT2D eigenvalue weighted by atomic mass is 79.9. The lowest BCUT2D eigenvalue weighted by atomic mass is 9.95. The summed E-state index contributed by atoms with van der Waals surface area (Å²) in [6.07, 6.45) is 1.39. The predicted molar refractivity (Wildman–Crippen MR) is 150 cm³/mol. The molecule has 1 aliphatic heterocycles. The first-order valence-electron chi connectivity index (χ1n) is 12.2. The number of benzene rings is 2. The van der Waals surface area contributed by atoms with Gasteiger partial charge in [0, 0.05) is 15.7 Å². The van der Waals surface area contributed by atoms with Gasteiger partial charge in [-0.25, -0.2) is 15.0 Å². The van der Waals surface area contributed by atoms with E-state index in [9.17, 15) is 14.4 Å². The largest absolute Gasteiger partial charge is 0.493 e. The number of esters is 1. The van der Waals surface area contributed by atoms with Crippen LogP contribution in [0.5, 0.6) is 11.5 Å². The first-order chi connectivity index (χ1) is 19.3. The summed E-state index contributed by atoms with van der Waals surface area (Å²) < 4.78 is 22.9. The summed E-state index contributed by atoms with van der Waals surface area (Å²) in [6, 6.07) is 14.9. The third-order valence-corrected chi connectivity index (χ3v) is 6.25. The summed E-state index contributed by atoms with van der Waals surface area (Å²) >= 11 is 3.43. The number of hydrogen-bond donors (Lipinski definition) is 3. The fourth-order valence-corrected chi connectivity index (χ4v) is 4.37. The minimum atomic E-state index is -0.765. The molecular weight excluding hydrogens is 584 g/mol. The maximum atomic E-state index is 12.6. The van der Waals surface area contributed by atoms with E-state index in [2.05, 4.69) is 37.1 Å². The molecule has 2 aromatic carbocycles. The number of carbonyl (C=O) groups is 3. The third kappa shape index (κ3) is 6.89. The summed E-state index contributed by atoms with van der Waals surface area (Å²) in [5.74, 6) is 0.664. The van der Waals surface area contributed by atoms with Crippen LogP contribution in [0.2, 0.25) is 0 Å². The second-order valence-corrected chi connectivity index (χ2v) is 9.41. The van der Waals surface area contributed by atoms with Gasteiger partial charge in [0.05, 0.1) is 31.5 Å². The van der Waals surface area contributed by atoms with E-state index in [1.165, 1.54) is 13.3 Å². The summed E-state index contributed by atoms with van der Waals surface area (Å²) in [5.41, 5.74) is 4.52. The monoisotopic (exact) mass is 610 g/mol. The Morgan fingerprint density at radius 2 is 1.98 bits per heavy atom. The van der Waals surface area contributed by atoms with Crippen LogP contribution in [0.3, 0.4) is 0 Å². The van der Waals surface area contributed by atoms with Crippen molar-refractivity contribution in [1.82, 2.24) is 16.1 Å². The van der Waals surface area contributed by atoms with Gasteiger partial charge in [-0.05, 0) is 55.8 Å². The Bertz CT molecular complexity index is 1480. The van der Waals surface area contributed by atoms with Crippen molar-refractivity contribution in [3.63, 3.8) is 0 Å². The molecule has 0 radical (unpaired) electrons. The van der Waals surface area contributed by atoms with Crippen LogP contribution in [-0.4, -0.2) is 44.4 Å². The standard InChI is InChI=1S/C28H27BrN4O7/c1-4-38-27(35)25-16(2)31-28(36)32-26(25)18-8-10-22(23(13-18)37-3)39-15-24(34)33-30-14-20-9-11-21(40-20)17-6-5-7-19(29)12-17/h5-14,26H,4,15H2,1-3H3,(H,33,34)(H2,31,32,36)/b30-14+/t26-/m1/s1. The predicted octanol–water partition coefficient (Wildman–Crippen LogP) is 4.44. The highest BCUT2D eigenvalue weighted by molar-refractivity contribution is 9.10. The number of hydrazone groups is 1. The molecule has 0 fully saturated rings. The Balaban J connectivity index is 1.38. The van der Waals surface area contributed by atoms with Crippen LogP contribution in [0, 0.1) is 0 Å². The Hall–Kier alpha value is -4.58. The van der Waals surface area contributed by atoms with Crippen LogP contribution in [-0.2, 0) is 14.3 Å². The molecule has 0 aliphatic carbocycles. The van der Waals surface area contributed by atoms with Crippen molar-refractivity contribution >= 4 is 40.1 Å². The molecule has 1 aliphatic rings. The van der Waals surface area contributed by atoms with Crippen LogP contribution in [0.15, 0.2) is 79.9 Å². The average molecular weight is 611 g/mol. The summed E-state index contributed by atoms with van der Waals surface area (Å²) in [4.78, 5) is 37.0. The number of halogens is 1. The van der Waals surface area contributed by atoms with E-state index >= 15 is 0 Å². The fraction of sp³-hybridized carbons (Fsp3) is 0.214. The molecule has 0 bridgehead atoms. The van der Waals surface area contributed by atoms with Crippen LogP contribution >= 0.6 is 15.9 Å². The summed E-state index contributed by atoms with van der Waals surface area (Å²) in [5, 5.41) is 9.23. The van der Waals surface area contributed by atoms with Gasteiger partial charge in [0.25, 0.3) is 5.91 Å². The zero-order valence-electron chi connectivity index (χ0n) is 21.9. The van der Waals surface area contributed by atoms with Crippen molar-refractivity contribution in [3.8, 4) is 22.8 Å². The van der Waals surface area contributed by atoms with E-state index in [1.54, 1.807) is 38.1 Å². The van der Waals surface area contributed by atoms with Crippen molar-refractivity contribution < 1.29 is 33.0 Å². The Kier molecular flexibility index (Phi) is 9.23. The van der Waals surface area contributed by atoms with Crippen LogP contribution < -0.4 is 25.5 Å². The molecule has 40 heavy (non-hydrogen) atoms. The number of allylic oxidation sites excluding steroid dienone is 1. The number of urea groups is 1. The zero-order chi connectivity index (χ0) is 28.6. The van der Waals surface area contributed by atoms with E-state index in [4.69, 9.17) is 18.6 Å². The van der Waals surface area contributed by atoms with Gasteiger partial charge in [0.1, 0.15) is 11.5 Å². The molecule has 3 N–H and O–H groups in total. The molecule has 3 aromatic rings. The maximum absolute atomic E-state index is 12.6. The zero-order valence-corrected chi connectivity index (χ0v) is 23.5. The first kappa shape index (κ1) is 28.4. The number of ether oxygens (including phenoxy) is 3. The first-order valence-corrected chi connectivity index (χ1v) is 13.0. The lowest BCUT2D eigenvalue weighted by Crippen LogP contribution is -2.45. The highest BCUT2D eigenvalue weighted by Crippen LogP contribution is 2.34. The molecular formula is C28H27BrN4O7. The number of carbonyl (C=O) groups excluding carboxylic acids is 3. The third-order valence-electron chi connectivity index (χ3n) is 5.76. The van der Waals surface area contributed by atoms with Gasteiger partial charge < -0.3 is 29.3 Å². The molecule has 3 amide bonds. The quantitative estimate of drug-likeness (QED) is 0.175. The van der Waals surface area contributed by atoms with E-state index < -0.39 is 23.9 Å². The lowest BCUT2D eigenvalue weighted by Gasteiger charge is -2.28. The van der Waals surface area contributed by atoms with Crippen molar-refractivity contribution in [2.45, 2.75) is 19.9 Å². The number of amides is 3. The van der Waals surface area contributed by atoms with Crippen LogP contribution in [0.4, 0.5) is 4.79 Å².